The number of aromatic nitrogens is 2. The zero-order valence-corrected chi connectivity index (χ0v) is 5.20. The molecule has 0 radical (unpaired) electrons. The standard InChI is InChI=1S/C4H5N3O3/c1-9-4(8)7-2-3(5)10-6-7/h2,5H,1H3. The SMILES string of the molecule is COC(=O)[n+]1cc(=N)o[n-]1. The molecule has 0 saturated heterocycles. The molecule has 0 aromatic carbocycles. The molecule has 0 unspecified atom stereocenters. The van der Waals surface area contributed by atoms with Crippen LogP contribution >= 0.6 is 0 Å². The van der Waals surface area contributed by atoms with E-state index in [0.717, 1.165) is 10.9 Å². The summed E-state index contributed by atoms with van der Waals surface area (Å²) in [5.41, 5.74) is -0.189. The van der Waals surface area contributed by atoms with Crippen molar-refractivity contribution in [2.24, 2.45) is 0 Å². The van der Waals surface area contributed by atoms with Crippen LogP contribution in [0.3, 0.4) is 0 Å². The Labute approximate surface area is 55.5 Å². The smallest absolute Gasteiger partial charge is 0.486 e. The Morgan fingerprint density at radius 3 is 3.10 bits per heavy atom. The van der Waals surface area contributed by atoms with E-state index in [0.29, 0.717) is 0 Å². The van der Waals surface area contributed by atoms with Gasteiger partial charge in [0.1, 0.15) is 0 Å². The van der Waals surface area contributed by atoms with Crippen molar-refractivity contribution >= 4 is 6.09 Å². The van der Waals surface area contributed by atoms with Crippen molar-refractivity contribution in [2.45, 2.75) is 0 Å². The van der Waals surface area contributed by atoms with Crippen molar-refractivity contribution in [3.8, 4) is 0 Å². The molecule has 0 atom stereocenters. The molecule has 0 aliphatic carbocycles. The van der Waals surface area contributed by atoms with Gasteiger partial charge in [-0.3, -0.25) is 5.41 Å². The first-order chi connectivity index (χ1) is 4.74. The third-order valence-corrected chi connectivity index (χ3v) is 0.828. The van der Waals surface area contributed by atoms with Crippen LogP contribution in [0.4, 0.5) is 4.79 Å². The summed E-state index contributed by atoms with van der Waals surface area (Å²) in [5, 5.41) is 9.99. The summed E-state index contributed by atoms with van der Waals surface area (Å²) in [6, 6.07) is 0. The number of nitrogens with one attached hydrogen (secondary N) is 1. The molecule has 1 N–H and O–H groups in total. The normalized spacial score (nSPS) is 9.30. The van der Waals surface area contributed by atoms with Gasteiger partial charge in [-0.15, -0.1) is 4.68 Å². The van der Waals surface area contributed by atoms with E-state index in [9.17, 15) is 4.79 Å². The van der Waals surface area contributed by atoms with E-state index in [1.807, 2.05) is 0 Å². The molecule has 1 rings (SSSR count). The zero-order valence-electron chi connectivity index (χ0n) is 5.20. The van der Waals surface area contributed by atoms with Crippen molar-refractivity contribution in [1.82, 2.24) is 5.27 Å². The number of hydrogen-bond donors (Lipinski definition) is 1. The Kier molecular flexibility index (Phi) is 1.53. The van der Waals surface area contributed by atoms with Gasteiger partial charge >= 0.3 is 6.09 Å². The molecular weight excluding hydrogens is 138 g/mol. The Balaban J connectivity index is 2.95. The molecule has 1 aromatic heterocycles. The van der Waals surface area contributed by atoms with Gasteiger partial charge in [0, 0.05) is 0 Å². The maximum atomic E-state index is 10.6. The van der Waals surface area contributed by atoms with E-state index in [-0.39, 0.29) is 5.55 Å². The predicted octanol–water partition coefficient (Wildman–Crippen LogP) is -1.38. The molecule has 0 aliphatic rings. The predicted molar refractivity (Wildman–Crippen MR) is 25.9 cm³/mol. The summed E-state index contributed by atoms with van der Waals surface area (Å²) in [5.74, 6) is 0. The molecular formula is C4H5N3O3. The van der Waals surface area contributed by atoms with Crippen LogP contribution in [0, 0.1) is 5.41 Å². The molecule has 1 aromatic rings. The van der Waals surface area contributed by atoms with Gasteiger partial charge in [0.15, 0.2) is 0 Å². The van der Waals surface area contributed by atoms with E-state index in [2.05, 4.69) is 14.5 Å². The molecule has 6 heteroatoms. The molecule has 1 heterocycles. The van der Waals surface area contributed by atoms with Gasteiger partial charge in [0.05, 0.1) is 7.11 Å². The van der Waals surface area contributed by atoms with Gasteiger partial charge in [0.2, 0.25) is 6.20 Å². The van der Waals surface area contributed by atoms with E-state index in [4.69, 9.17) is 5.41 Å². The molecule has 0 saturated carbocycles. The highest BCUT2D eigenvalue weighted by Gasteiger charge is 2.09. The molecule has 0 amide bonds. The number of hydrogen-bond acceptors (Lipinski definition) is 4. The topological polar surface area (TPSA) is 81.3 Å². The summed E-state index contributed by atoms with van der Waals surface area (Å²) in [7, 11) is 1.22. The third kappa shape index (κ3) is 1.04. The minimum Gasteiger partial charge on any atom is -0.486 e. The number of nitrogens with zero attached hydrogens (tertiary/aromatic N) is 2. The molecule has 6 nitrogen and oxygen atoms in total. The van der Waals surface area contributed by atoms with E-state index < -0.39 is 6.09 Å². The van der Waals surface area contributed by atoms with Crippen molar-refractivity contribution in [3.05, 3.63) is 11.8 Å². The van der Waals surface area contributed by atoms with Gasteiger partial charge in [0.25, 0.3) is 5.55 Å². The fourth-order valence-electron chi connectivity index (χ4n) is 0.426. The lowest BCUT2D eigenvalue weighted by atomic mass is 10.9. The highest BCUT2D eigenvalue weighted by atomic mass is 16.6. The first kappa shape index (κ1) is 6.53. The Morgan fingerprint density at radius 1 is 2.00 bits per heavy atom. The van der Waals surface area contributed by atoms with E-state index >= 15 is 0 Å². The quantitative estimate of drug-likeness (QED) is 0.454. The van der Waals surface area contributed by atoms with Crippen LogP contribution < -0.4 is 15.5 Å². The second kappa shape index (κ2) is 2.34. The van der Waals surface area contributed by atoms with Crippen LogP contribution in [0.1, 0.15) is 0 Å². The van der Waals surface area contributed by atoms with Crippen molar-refractivity contribution in [1.29, 1.82) is 5.41 Å². The number of carbonyl (C=O) groups is 1. The summed E-state index contributed by atoms with van der Waals surface area (Å²) in [6.07, 6.45) is 0.425. The van der Waals surface area contributed by atoms with Crippen LogP contribution in [0.25, 0.3) is 0 Å². The van der Waals surface area contributed by atoms with Gasteiger partial charge in [-0.2, -0.15) is 4.79 Å². The minimum absolute atomic E-state index is 0.189. The first-order valence-electron chi connectivity index (χ1n) is 2.42. The number of carbonyl (C=O) groups excluding carboxylic acids is 1. The van der Waals surface area contributed by atoms with Crippen LogP contribution in [-0.2, 0) is 4.74 Å². The van der Waals surface area contributed by atoms with E-state index in [1.54, 1.807) is 0 Å². The van der Waals surface area contributed by atoms with Crippen molar-refractivity contribution in [3.63, 3.8) is 0 Å². The van der Waals surface area contributed by atoms with E-state index in [1.165, 1.54) is 7.11 Å². The summed E-state index contributed by atoms with van der Waals surface area (Å²) in [4.78, 5) is 10.6. The summed E-state index contributed by atoms with van der Waals surface area (Å²) in [6.45, 7) is 0. The average molecular weight is 143 g/mol. The Morgan fingerprint density at radius 2 is 2.70 bits per heavy atom. The highest BCUT2D eigenvalue weighted by molar-refractivity contribution is 5.55. The molecule has 0 fully saturated rings. The molecule has 10 heavy (non-hydrogen) atoms. The van der Waals surface area contributed by atoms with Gasteiger partial charge in [-0.1, -0.05) is 0 Å². The molecule has 0 aliphatic heterocycles. The van der Waals surface area contributed by atoms with Crippen LogP contribution in [-0.4, -0.2) is 13.2 Å². The maximum Gasteiger partial charge on any atom is 0.594 e. The Hall–Kier alpha value is -1.59. The molecule has 54 valence electrons. The van der Waals surface area contributed by atoms with Crippen molar-refractivity contribution < 1.29 is 18.7 Å². The summed E-state index contributed by atoms with van der Waals surface area (Å²) < 4.78 is 9.33. The second-order valence-electron chi connectivity index (χ2n) is 1.48. The van der Waals surface area contributed by atoms with Gasteiger partial charge < -0.3 is 9.26 Å². The lowest BCUT2D eigenvalue weighted by Gasteiger charge is -1.89. The molecule has 0 spiro atoms. The fraction of sp³-hybridized carbons (Fsp3) is 0.250. The monoisotopic (exact) mass is 143 g/mol. The lowest BCUT2D eigenvalue weighted by Crippen LogP contribution is -2.45. The van der Waals surface area contributed by atoms with Crippen LogP contribution in [0.15, 0.2) is 10.7 Å². The van der Waals surface area contributed by atoms with Gasteiger partial charge in [-0.25, -0.2) is 5.27 Å². The van der Waals surface area contributed by atoms with Crippen molar-refractivity contribution in [2.75, 3.05) is 7.11 Å². The Bertz CT molecular complexity index is 286. The second-order valence-corrected chi connectivity index (χ2v) is 1.48. The lowest BCUT2D eigenvalue weighted by molar-refractivity contribution is -0.663. The molecule has 0 bridgehead atoms. The minimum atomic E-state index is -0.678. The number of ether oxygens (including phenoxy) is 1. The average Bonchev–Trinajstić information content (AvgIpc) is 2.34. The highest BCUT2D eigenvalue weighted by Crippen LogP contribution is 1.65. The number of rotatable bonds is 0. The third-order valence-electron chi connectivity index (χ3n) is 0.828. The largest absolute Gasteiger partial charge is 0.594 e. The summed E-state index contributed by atoms with van der Waals surface area (Å²) >= 11 is 0. The first-order valence-corrected chi connectivity index (χ1v) is 2.42. The maximum absolute atomic E-state index is 10.6. The van der Waals surface area contributed by atoms with Crippen LogP contribution in [0.2, 0.25) is 0 Å². The number of methoxy groups -OCH3 is 1. The van der Waals surface area contributed by atoms with Gasteiger partial charge in [-0.05, 0) is 0 Å². The van der Waals surface area contributed by atoms with Crippen LogP contribution in [0.5, 0.6) is 0 Å². The zero-order chi connectivity index (χ0) is 7.56. The fourth-order valence-corrected chi connectivity index (χ4v) is 0.426.